The highest BCUT2D eigenvalue weighted by Gasteiger charge is 2.29. The number of nitrogens with zero attached hydrogens (tertiary/aromatic N) is 1. The molecule has 1 heterocycles. The van der Waals surface area contributed by atoms with Gasteiger partial charge in [0.05, 0.1) is 23.7 Å². The Labute approximate surface area is 113 Å². The van der Waals surface area contributed by atoms with Crippen LogP contribution in [0.5, 0.6) is 0 Å². The molecule has 1 aliphatic rings. The maximum absolute atomic E-state index is 12.1. The first-order valence-corrected chi connectivity index (χ1v) is 6.65. The molecule has 2 rings (SSSR count). The van der Waals surface area contributed by atoms with Crippen LogP contribution in [0.25, 0.3) is 0 Å². The zero-order valence-corrected chi connectivity index (χ0v) is 11.3. The maximum Gasteiger partial charge on any atom is 0.237 e. The molecule has 0 spiro atoms. The fourth-order valence-corrected chi connectivity index (χ4v) is 2.42. The highest BCUT2D eigenvalue weighted by Crippen LogP contribution is 2.17. The lowest BCUT2D eigenvalue weighted by molar-refractivity contribution is -0.124. The van der Waals surface area contributed by atoms with Gasteiger partial charge in [0.1, 0.15) is 0 Å². The number of nitriles is 1. The van der Waals surface area contributed by atoms with Crippen LogP contribution >= 0.6 is 0 Å². The Morgan fingerprint density at radius 1 is 1.47 bits per heavy atom. The second kappa shape index (κ2) is 5.85. The van der Waals surface area contributed by atoms with Crippen LogP contribution in [0, 0.1) is 17.2 Å². The molecular formula is C15H19N3O. The second-order valence-electron chi connectivity index (χ2n) is 5.16. The summed E-state index contributed by atoms with van der Waals surface area (Å²) < 4.78 is 0. The van der Waals surface area contributed by atoms with Crippen LogP contribution in [0.3, 0.4) is 0 Å². The van der Waals surface area contributed by atoms with Crippen molar-refractivity contribution in [2.45, 2.75) is 32.4 Å². The van der Waals surface area contributed by atoms with Crippen LogP contribution in [0.2, 0.25) is 0 Å². The van der Waals surface area contributed by atoms with Crippen LogP contribution in [0.15, 0.2) is 24.3 Å². The topological polar surface area (TPSA) is 64.9 Å². The number of amides is 1. The van der Waals surface area contributed by atoms with Gasteiger partial charge in [-0.1, -0.05) is 19.1 Å². The van der Waals surface area contributed by atoms with Crippen molar-refractivity contribution in [1.29, 1.82) is 5.26 Å². The average molecular weight is 257 g/mol. The molecule has 0 radical (unpaired) electrons. The van der Waals surface area contributed by atoms with Crippen LogP contribution < -0.4 is 10.6 Å². The Bertz CT molecular complexity index is 489. The fraction of sp³-hybridized carbons (Fsp3) is 0.467. The van der Waals surface area contributed by atoms with Gasteiger partial charge in [-0.2, -0.15) is 5.26 Å². The molecule has 0 aliphatic carbocycles. The molecule has 0 aromatic heterocycles. The SMILES string of the molecule is CC(NC(=O)C1NCCC1C)c1ccc(C#N)cc1. The summed E-state index contributed by atoms with van der Waals surface area (Å²) in [5, 5.41) is 15.0. The summed E-state index contributed by atoms with van der Waals surface area (Å²) in [5.74, 6) is 0.440. The molecule has 0 saturated carbocycles. The van der Waals surface area contributed by atoms with Gasteiger partial charge in [0.25, 0.3) is 0 Å². The Kier molecular flexibility index (Phi) is 4.18. The molecule has 1 amide bonds. The van der Waals surface area contributed by atoms with E-state index in [0.29, 0.717) is 11.5 Å². The van der Waals surface area contributed by atoms with Gasteiger partial charge in [0.15, 0.2) is 0 Å². The number of hydrogen-bond donors (Lipinski definition) is 2. The summed E-state index contributed by atoms with van der Waals surface area (Å²) in [6.45, 7) is 4.96. The van der Waals surface area contributed by atoms with Crippen LogP contribution in [-0.4, -0.2) is 18.5 Å². The van der Waals surface area contributed by atoms with Crippen LogP contribution in [0.4, 0.5) is 0 Å². The Morgan fingerprint density at radius 2 is 2.16 bits per heavy atom. The zero-order valence-electron chi connectivity index (χ0n) is 11.3. The van der Waals surface area contributed by atoms with E-state index < -0.39 is 0 Å². The van der Waals surface area contributed by atoms with Crippen molar-refractivity contribution in [3.8, 4) is 6.07 Å². The number of rotatable bonds is 3. The largest absolute Gasteiger partial charge is 0.348 e. The van der Waals surface area contributed by atoms with Gasteiger partial charge in [-0.05, 0) is 43.5 Å². The summed E-state index contributed by atoms with van der Waals surface area (Å²) in [7, 11) is 0. The lowest BCUT2D eigenvalue weighted by Crippen LogP contribution is -2.44. The molecule has 0 bridgehead atoms. The highest BCUT2D eigenvalue weighted by atomic mass is 16.2. The minimum Gasteiger partial charge on any atom is -0.348 e. The predicted octanol–water partition coefficient (Wildman–Crippen LogP) is 1.73. The van der Waals surface area contributed by atoms with Gasteiger partial charge in [0.2, 0.25) is 5.91 Å². The molecule has 1 aromatic carbocycles. The molecule has 1 aliphatic heterocycles. The first kappa shape index (κ1) is 13.6. The molecule has 100 valence electrons. The summed E-state index contributed by atoms with van der Waals surface area (Å²) in [6.07, 6.45) is 1.04. The number of carbonyl (C=O) groups excluding carboxylic acids is 1. The average Bonchev–Trinajstić information content (AvgIpc) is 2.85. The Hall–Kier alpha value is -1.86. The van der Waals surface area contributed by atoms with Crippen molar-refractivity contribution < 1.29 is 4.79 Å². The number of carbonyl (C=O) groups is 1. The summed E-state index contributed by atoms with van der Waals surface area (Å²) >= 11 is 0. The van der Waals surface area contributed by atoms with Gasteiger partial charge in [-0.25, -0.2) is 0 Å². The summed E-state index contributed by atoms with van der Waals surface area (Å²) in [5.41, 5.74) is 1.64. The van der Waals surface area contributed by atoms with E-state index in [1.54, 1.807) is 12.1 Å². The lowest BCUT2D eigenvalue weighted by atomic mass is 10.0. The molecular weight excluding hydrogens is 238 g/mol. The summed E-state index contributed by atoms with van der Waals surface area (Å²) in [4.78, 5) is 12.1. The second-order valence-corrected chi connectivity index (χ2v) is 5.16. The number of nitrogens with one attached hydrogen (secondary N) is 2. The van der Waals surface area contributed by atoms with E-state index in [1.165, 1.54) is 0 Å². The minimum absolute atomic E-state index is 0.0464. The first-order valence-electron chi connectivity index (χ1n) is 6.65. The molecule has 4 heteroatoms. The first-order chi connectivity index (χ1) is 9.11. The van der Waals surface area contributed by atoms with E-state index in [-0.39, 0.29) is 18.0 Å². The Balaban J connectivity index is 1.98. The van der Waals surface area contributed by atoms with E-state index in [1.807, 2.05) is 19.1 Å². The number of benzene rings is 1. The summed E-state index contributed by atoms with van der Waals surface area (Å²) in [6, 6.07) is 9.27. The number of hydrogen-bond acceptors (Lipinski definition) is 3. The third kappa shape index (κ3) is 3.12. The molecule has 1 aromatic rings. The zero-order chi connectivity index (χ0) is 13.8. The van der Waals surface area contributed by atoms with Crippen LogP contribution in [0.1, 0.15) is 37.4 Å². The molecule has 1 saturated heterocycles. The van der Waals surface area contributed by atoms with E-state index in [0.717, 1.165) is 18.5 Å². The van der Waals surface area contributed by atoms with Gasteiger partial charge >= 0.3 is 0 Å². The van der Waals surface area contributed by atoms with Gasteiger partial charge < -0.3 is 10.6 Å². The van der Waals surface area contributed by atoms with Gasteiger partial charge in [-0.15, -0.1) is 0 Å². The minimum atomic E-state index is -0.0826. The standard InChI is InChI=1S/C15H19N3O/c1-10-7-8-17-14(10)15(19)18-11(2)13-5-3-12(9-16)4-6-13/h3-6,10-11,14,17H,7-8H2,1-2H3,(H,18,19). The third-order valence-electron chi connectivity index (χ3n) is 3.71. The van der Waals surface area contributed by atoms with Gasteiger partial charge in [0, 0.05) is 0 Å². The molecule has 4 nitrogen and oxygen atoms in total. The Morgan fingerprint density at radius 3 is 2.68 bits per heavy atom. The van der Waals surface area contributed by atoms with Crippen molar-refractivity contribution in [1.82, 2.24) is 10.6 Å². The molecule has 2 N–H and O–H groups in total. The fourth-order valence-electron chi connectivity index (χ4n) is 2.42. The van der Waals surface area contributed by atoms with Gasteiger partial charge in [-0.3, -0.25) is 4.79 Å². The predicted molar refractivity (Wildman–Crippen MR) is 73.3 cm³/mol. The molecule has 19 heavy (non-hydrogen) atoms. The van der Waals surface area contributed by atoms with Crippen molar-refractivity contribution >= 4 is 5.91 Å². The third-order valence-corrected chi connectivity index (χ3v) is 3.71. The maximum atomic E-state index is 12.1. The quantitative estimate of drug-likeness (QED) is 0.866. The lowest BCUT2D eigenvalue weighted by Gasteiger charge is -2.20. The van der Waals surface area contributed by atoms with Crippen molar-refractivity contribution in [3.63, 3.8) is 0 Å². The molecule has 3 unspecified atom stereocenters. The molecule has 3 atom stereocenters. The van der Waals surface area contributed by atoms with Crippen molar-refractivity contribution in [2.24, 2.45) is 5.92 Å². The van der Waals surface area contributed by atoms with Crippen LogP contribution in [-0.2, 0) is 4.79 Å². The normalized spacial score (nSPS) is 23.6. The van der Waals surface area contributed by atoms with E-state index in [4.69, 9.17) is 5.26 Å². The van der Waals surface area contributed by atoms with Crippen molar-refractivity contribution in [3.05, 3.63) is 35.4 Å². The monoisotopic (exact) mass is 257 g/mol. The van der Waals surface area contributed by atoms with E-state index >= 15 is 0 Å². The molecule has 1 fully saturated rings. The van der Waals surface area contributed by atoms with E-state index in [2.05, 4.69) is 23.6 Å². The smallest absolute Gasteiger partial charge is 0.237 e. The highest BCUT2D eigenvalue weighted by molar-refractivity contribution is 5.82. The van der Waals surface area contributed by atoms with Crippen molar-refractivity contribution in [2.75, 3.05) is 6.54 Å². The van der Waals surface area contributed by atoms with E-state index in [9.17, 15) is 4.79 Å².